The summed E-state index contributed by atoms with van der Waals surface area (Å²) in [4.78, 5) is 0. The molecule has 0 saturated carbocycles. The van der Waals surface area contributed by atoms with Crippen molar-refractivity contribution in [2.24, 2.45) is 7.05 Å². The van der Waals surface area contributed by atoms with Crippen LogP contribution >= 0.6 is 11.8 Å². The molecule has 2 aromatic rings. The molecule has 0 bridgehead atoms. The smallest absolute Gasteiger partial charge is 0.209 e. The van der Waals surface area contributed by atoms with Crippen LogP contribution in [0.1, 0.15) is 0 Å². The van der Waals surface area contributed by atoms with Crippen molar-refractivity contribution in [2.45, 2.75) is 11.3 Å². The van der Waals surface area contributed by atoms with Gasteiger partial charge in [-0.3, -0.25) is 0 Å². The standard InChI is InChI=1S/C11H14N4O2S/c1-15-11(12-13-14-15)18-8-9(16)7-17-10-5-3-2-4-6-10/h2-6,9,16H,7-8H2,1H3/t9-/m1/s1. The fraction of sp³-hybridized carbons (Fsp3) is 0.364. The second-order valence-electron chi connectivity index (χ2n) is 3.67. The van der Waals surface area contributed by atoms with E-state index in [-0.39, 0.29) is 6.61 Å². The van der Waals surface area contributed by atoms with Crippen molar-refractivity contribution in [1.29, 1.82) is 0 Å². The maximum absolute atomic E-state index is 9.78. The van der Waals surface area contributed by atoms with Gasteiger partial charge in [-0.15, -0.1) is 5.10 Å². The Morgan fingerprint density at radius 3 is 2.83 bits per heavy atom. The second-order valence-corrected chi connectivity index (χ2v) is 4.66. The van der Waals surface area contributed by atoms with Gasteiger partial charge in [-0.05, 0) is 22.6 Å². The van der Waals surface area contributed by atoms with E-state index < -0.39 is 6.10 Å². The summed E-state index contributed by atoms with van der Waals surface area (Å²) >= 11 is 1.39. The largest absolute Gasteiger partial charge is 0.491 e. The molecule has 7 heteroatoms. The molecular weight excluding hydrogens is 252 g/mol. The van der Waals surface area contributed by atoms with Gasteiger partial charge in [0, 0.05) is 12.8 Å². The van der Waals surface area contributed by atoms with Crippen molar-refractivity contribution >= 4 is 11.8 Å². The fourth-order valence-corrected chi connectivity index (χ4v) is 2.03. The summed E-state index contributed by atoms with van der Waals surface area (Å²) < 4.78 is 7.01. The van der Waals surface area contributed by atoms with E-state index in [1.54, 1.807) is 11.7 Å². The van der Waals surface area contributed by atoms with Gasteiger partial charge in [0.05, 0.1) is 6.10 Å². The molecule has 0 amide bonds. The van der Waals surface area contributed by atoms with Gasteiger partial charge in [-0.25, -0.2) is 4.68 Å². The molecule has 0 fully saturated rings. The third-order valence-corrected chi connectivity index (χ3v) is 3.33. The summed E-state index contributed by atoms with van der Waals surface area (Å²) in [6, 6.07) is 9.41. The highest BCUT2D eigenvalue weighted by Gasteiger charge is 2.09. The SMILES string of the molecule is Cn1nnnc1SC[C@H](O)COc1ccccc1. The van der Waals surface area contributed by atoms with Gasteiger partial charge in [0.1, 0.15) is 12.4 Å². The number of aliphatic hydroxyl groups is 1. The number of aliphatic hydroxyl groups excluding tert-OH is 1. The van der Waals surface area contributed by atoms with Crippen LogP contribution in [0.25, 0.3) is 0 Å². The van der Waals surface area contributed by atoms with Gasteiger partial charge < -0.3 is 9.84 Å². The monoisotopic (exact) mass is 266 g/mol. The molecule has 0 unspecified atom stereocenters. The van der Waals surface area contributed by atoms with Crippen molar-refractivity contribution in [3.8, 4) is 5.75 Å². The molecule has 6 nitrogen and oxygen atoms in total. The lowest BCUT2D eigenvalue weighted by Crippen LogP contribution is -2.20. The summed E-state index contributed by atoms with van der Waals surface area (Å²) in [6.45, 7) is 0.252. The third kappa shape index (κ3) is 3.71. The van der Waals surface area contributed by atoms with Crippen LogP contribution < -0.4 is 4.74 Å². The molecule has 0 radical (unpaired) electrons. The first kappa shape index (κ1) is 12.8. The maximum Gasteiger partial charge on any atom is 0.209 e. The summed E-state index contributed by atoms with van der Waals surface area (Å²) in [5, 5.41) is 21.5. The number of hydrogen-bond donors (Lipinski definition) is 1. The first-order valence-corrected chi connectivity index (χ1v) is 6.45. The molecule has 2 rings (SSSR count). The zero-order chi connectivity index (χ0) is 12.8. The average molecular weight is 266 g/mol. The van der Waals surface area contributed by atoms with Gasteiger partial charge in [0.15, 0.2) is 0 Å². The van der Waals surface area contributed by atoms with Crippen LogP contribution in [0.2, 0.25) is 0 Å². The van der Waals surface area contributed by atoms with Crippen LogP contribution in [0, 0.1) is 0 Å². The van der Waals surface area contributed by atoms with Crippen LogP contribution in [-0.4, -0.2) is 43.8 Å². The zero-order valence-corrected chi connectivity index (χ0v) is 10.7. The number of nitrogens with zero attached hydrogens (tertiary/aromatic N) is 4. The maximum atomic E-state index is 9.78. The minimum atomic E-state index is -0.563. The Balaban J connectivity index is 1.73. The van der Waals surface area contributed by atoms with Gasteiger partial charge in [0.25, 0.3) is 0 Å². The van der Waals surface area contributed by atoms with Crippen LogP contribution in [0.3, 0.4) is 0 Å². The second kappa shape index (κ2) is 6.36. The van der Waals surface area contributed by atoms with Crippen molar-refractivity contribution < 1.29 is 9.84 Å². The van der Waals surface area contributed by atoms with Gasteiger partial charge in [-0.2, -0.15) is 0 Å². The Labute approximate surface area is 109 Å². The first-order chi connectivity index (χ1) is 8.75. The van der Waals surface area contributed by atoms with Crippen molar-refractivity contribution in [1.82, 2.24) is 20.2 Å². The molecule has 18 heavy (non-hydrogen) atoms. The van der Waals surface area contributed by atoms with E-state index in [1.165, 1.54) is 11.8 Å². The lowest BCUT2D eigenvalue weighted by atomic mass is 10.3. The minimum absolute atomic E-state index is 0.252. The van der Waals surface area contributed by atoms with Crippen LogP contribution in [0.15, 0.2) is 35.5 Å². The summed E-state index contributed by atoms with van der Waals surface area (Å²) in [6.07, 6.45) is -0.563. The molecule has 1 heterocycles. The molecule has 0 aliphatic heterocycles. The van der Waals surface area contributed by atoms with E-state index in [2.05, 4.69) is 15.5 Å². The van der Waals surface area contributed by atoms with E-state index in [4.69, 9.17) is 4.74 Å². The number of ether oxygens (including phenoxy) is 1. The Morgan fingerprint density at radius 2 is 2.17 bits per heavy atom. The number of aryl methyl sites for hydroxylation is 1. The summed E-state index contributed by atoms with van der Waals surface area (Å²) in [7, 11) is 1.76. The number of hydrogen-bond acceptors (Lipinski definition) is 6. The van der Waals surface area contributed by atoms with Gasteiger partial charge in [0.2, 0.25) is 5.16 Å². The van der Waals surface area contributed by atoms with Crippen molar-refractivity contribution in [2.75, 3.05) is 12.4 Å². The van der Waals surface area contributed by atoms with E-state index in [0.29, 0.717) is 10.9 Å². The molecular formula is C11H14N4O2S. The van der Waals surface area contributed by atoms with Crippen molar-refractivity contribution in [3.05, 3.63) is 30.3 Å². The predicted molar refractivity (Wildman–Crippen MR) is 67.5 cm³/mol. The molecule has 0 aliphatic carbocycles. The number of tetrazole rings is 1. The summed E-state index contributed by atoms with van der Waals surface area (Å²) in [5.41, 5.74) is 0. The summed E-state index contributed by atoms with van der Waals surface area (Å²) in [5.74, 6) is 1.24. The molecule has 1 N–H and O–H groups in total. The van der Waals surface area contributed by atoms with Gasteiger partial charge in [-0.1, -0.05) is 30.0 Å². The zero-order valence-electron chi connectivity index (χ0n) is 9.93. The first-order valence-electron chi connectivity index (χ1n) is 5.47. The molecule has 1 aromatic heterocycles. The predicted octanol–water partition coefficient (Wildman–Crippen LogP) is 0.742. The third-order valence-electron chi connectivity index (χ3n) is 2.17. The Morgan fingerprint density at radius 1 is 1.39 bits per heavy atom. The highest BCUT2D eigenvalue weighted by molar-refractivity contribution is 7.99. The molecule has 96 valence electrons. The van der Waals surface area contributed by atoms with E-state index in [0.717, 1.165) is 5.75 Å². The molecule has 0 saturated heterocycles. The van der Waals surface area contributed by atoms with Crippen molar-refractivity contribution in [3.63, 3.8) is 0 Å². The topological polar surface area (TPSA) is 73.1 Å². The molecule has 1 atom stereocenters. The Bertz CT molecular complexity index is 477. The van der Waals surface area contributed by atoms with E-state index >= 15 is 0 Å². The van der Waals surface area contributed by atoms with Gasteiger partial charge >= 0.3 is 0 Å². The number of thioether (sulfide) groups is 1. The number of para-hydroxylation sites is 1. The van der Waals surface area contributed by atoms with Crippen LogP contribution in [0.5, 0.6) is 5.75 Å². The van der Waals surface area contributed by atoms with E-state index in [1.807, 2.05) is 30.3 Å². The highest BCUT2D eigenvalue weighted by atomic mass is 32.2. The highest BCUT2D eigenvalue weighted by Crippen LogP contribution is 2.14. The number of rotatable bonds is 6. The van der Waals surface area contributed by atoms with Crippen LogP contribution in [-0.2, 0) is 7.05 Å². The average Bonchev–Trinajstić information content (AvgIpc) is 2.81. The lowest BCUT2D eigenvalue weighted by molar-refractivity contribution is 0.126. The van der Waals surface area contributed by atoms with Crippen LogP contribution in [0.4, 0.5) is 0 Å². The molecule has 1 aromatic carbocycles. The van der Waals surface area contributed by atoms with E-state index in [9.17, 15) is 5.11 Å². The molecule has 0 aliphatic rings. The fourth-order valence-electron chi connectivity index (χ4n) is 1.27. The normalized spacial score (nSPS) is 12.3. The molecule has 0 spiro atoms. The number of aromatic nitrogens is 4. The lowest BCUT2D eigenvalue weighted by Gasteiger charge is -2.11. The number of benzene rings is 1. The quantitative estimate of drug-likeness (QED) is 0.778. The Hall–Kier alpha value is -1.60. The Kier molecular flexibility index (Phi) is 4.54. The minimum Gasteiger partial charge on any atom is -0.491 e.